The minimum absolute atomic E-state index is 0.0299. The van der Waals surface area contributed by atoms with Crippen LogP contribution < -0.4 is 10.1 Å². The van der Waals surface area contributed by atoms with Gasteiger partial charge in [-0.3, -0.25) is 4.79 Å². The topological polar surface area (TPSA) is 44.8 Å². The van der Waals surface area contributed by atoms with Crippen molar-refractivity contribution in [1.82, 2.24) is 15.1 Å². The van der Waals surface area contributed by atoms with E-state index < -0.39 is 0 Å². The standard InChI is InChI=1S/C33H43N3O2/c1-3-35(4-2)22-12-21-34-33(37)29-17-11-18-31(25-29)38-30-19-23-36(24-20-30)26-32(27-13-7-5-8-14-27)28-15-9-6-10-16-28/h5-11,13-18,25,30,32H,3-4,12,19-24,26H2,1-2H3,(H,34,37). The molecule has 0 aromatic heterocycles. The van der Waals surface area contributed by atoms with Gasteiger partial charge in [-0.15, -0.1) is 0 Å². The number of carbonyl (C=O) groups is 1. The van der Waals surface area contributed by atoms with Crippen LogP contribution in [0.2, 0.25) is 0 Å². The number of likely N-dealkylation sites (tertiary alicyclic amines) is 1. The van der Waals surface area contributed by atoms with Gasteiger partial charge in [0.2, 0.25) is 0 Å². The number of piperidine rings is 1. The monoisotopic (exact) mass is 513 g/mol. The zero-order chi connectivity index (χ0) is 26.6. The van der Waals surface area contributed by atoms with Gasteiger partial charge in [0, 0.05) is 37.7 Å². The van der Waals surface area contributed by atoms with Gasteiger partial charge in [-0.1, -0.05) is 80.6 Å². The second-order valence-electron chi connectivity index (χ2n) is 10.2. The SMILES string of the molecule is CCN(CC)CCCNC(=O)c1cccc(OC2CCN(CC(c3ccccc3)c3ccccc3)CC2)c1. The molecule has 5 heteroatoms. The first-order chi connectivity index (χ1) is 18.7. The molecule has 4 rings (SSSR count). The van der Waals surface area contributed by atoms with Gasteiger partial charge in [-0.2, -0.15) is 0 Å². The molecule has 202 valence electrons. The van der Waals surface area contributed by atoms with Gasteiger partial charge in [-0.05, 0) is 68.2 Å². The number of nitrogens with one attached hydrogen (secondary N) is 1. The van der Waals surface area contributed by atoms with Crippen LogP contribution in [0, 0.1) is 0 Å². The van der Waals surface area contributed by atoms with Crippen molar-refractivity contribution in [2.24, 2.45) is 0 Å². The molecule has 0 atom stereocenters. The third-order valence-corrected chi connectivity index (χ3v) is 7.61. The Labute approximate surface area is 228 Å². The molecule has 0 bridgehead atoms. The molecule has 1 heterocycles. The Morgan fingerprint density at radius 2 is 1.55 bits per heavy atom. The number of amides is 1. The van der Waals surface area contributed by atoms with E-state index in [4.69, 9.17) is 4.74 Å². The fourth-order valence-electron chi connectivity index (χ4n) is 5.29. The molecule has 3 aromatic rings. The largest absolute Gasteiger partial charge is 0.490 e. The zero-order valence-corrected chi connectivity index (χ0v) is 23.0. The molecule has 0 aliphatic carbocycles. The number of benzene rings is 3. The number of carbonyl (C=O) groups excluding carboxylic acids is 1. The second-order valence-corrected chi connectivity index (χ2v) is 10.2. The van der Waals surface area contributed by atoms with Gasteiger partial charge < -0.3 is 19.9 Å². The van der Waals surface area contributed by atoms with E-state index in [-0.39, 0.29) is 12.0 Å². The van der Waals surface area contributed by atoms with Crippen molar-refractivity contribution < 1.29 is 9.53 Å². The molecule has 0 radical (unpaired) electrons. The highest BCUT2D eigenvalue weighted by molar-refractivity contribution is 5.94. The molecule has 0 spiro atoms. The quantitative estimate of drug-likeness (QED) is 0.292. The van der Waals surface area contributed by atoms with Crippen LogP contribution in [0.5, 0.6) is 5.75 Å². The molecule has 1 fully saturated rings. The van der Waals surface area contributed by atoms with Crippen LogP contribution in [0.1, 0.15) is 60.5 Å². The summed E-state index contributed by atoms with van der Waals surface area (Å²) in [6, 6.07) is 29.3. The number of rotatable bonds is 13. The highest BCUT2D eigenvalue weighted by Gasteiger charge is 2.24. The maximum Gasteiger partial charge on any atom is 0.251 e. The van der Waals surface area contributed by atoms with E-state index in [0.29, 0.717) is 18.0 Å². The Morgan fingerprint density at radius 1 is 0.921 bits per heavy atom. The van der Waals surface area contributed by atoms with E-state index in [9.17, 15) is 4.79 Å². The Morgan fingerprint density at radius 3 is 2.16 bits per heavy atom. The zero-order valence-electron chi connectivity index (χ0n) is 23.0. The molecular weight excluding hydrogens is 470 g/mol. The summed E-state index contributed by atoms with van der Waals surface area (Å²) < 4.78 is 6.34. The predicted molar refractivity (Wildman–Crippen MR) is 156 cm³/mol. The predicted octanol–water partition coefficient (Wildman–Crippen LogP) is 5.82. The average molecular weight is 514 g/mol. The van der Waals surface area contributed by atoms with E-state index in [1.165, 1.54) is 11.1 Å². The lowest BCUT2D eigenvalue weighted by Crippen LogP contribution is -2.40. The highest BCUT2D eigenvalue weighted by atomic mass is 16.5. The Hall–Kier alpha value is -3.15. The average Bonchev–Trinajstić information content (AvgIpc) is 2.98. The van der Waals surface area contributed by atoms with Crippen LogP contribution in [0.3, 0.4) is 0 Å². The van der Waals surface area contributed by atoms with Crippen LogP contribution in [0.25, 0.3) is 0 Å². The first-order valence-electron chi connectivity index (χ1n) is 14.3. The molecule has 38 heavy (non-hydrogen) atoms. The van der Waals surface area contributed by atoms with Gasteiger partial charge in [0.1, 0.15) is 11.9 Å². The molecular formula is C33H43N3O2. The summed E-state index contributed by atoms with van der Waals surface area (Å²) in [5.41, 5.74) is 3.39. The van der Waals surface area contributed by atoms with E-state index in [1.54, 1.807) is 0 Å². The number of nitrogens with zero attached hydrogens (tertiary/aromatic N) is 2. The molecule has 1 aliphatic rings. The maximum absolute atomic E-state index is 12.7. The summed E-state index contributed by atoms with van der Waals surface area (Å²) in [6.45, 7) is 11.1. The van der Waals surface area contributed by atoms with Gasteiger partial charge >= 0.3 is 0 Å². The van der Waals surface area contributed by atoms with Crippen LogP contribution in [0.4, 0.5) is 0 Å². The first kappa shape index (κ1) is 27.9. The molecule has 1 amide bonds. The number of hydrogen-bond donors (Lipinski definition) is 1. The van der Waals surface area contributed by atoms with Crippen LogP contribution in [-0.4, -0.2) is 67.6 Å². The smallest absolute Gasteiger partial charge is 0.251 e. The summed E-state index contributed by atoms with van der Waals surface area (Å²) in [7, 11) is 0. The lowest BCUT2D eigenvalue weighted by Gasteiger charge is -2.34. The van der Waals surface area contributed by atoms with Crippen molar-refractivity contribution >= 4 is 5.91 Å². The molecule has 5 nitrogen and oxygen atoms in total. The van der Waals surface area contributed by atoms with Crippen molar-refractivity contribution in [2.45, 2.75) is 45.1 Å². The Bertz CT molecular complexity index is 1050. The van der Waals surface area contributed by atoms with Gasteiger partial charge in [0.25, 0.3) is 5.91 Å². The van der Waals surface area contributed by atoms with Crippen LogP contribution >= 0.6 is 0 Å². The van der Waals surface area contributed by atoms with Crippen molar-refractivity contribution in [3.63, 3.8) is 0 Å². The molecule has 1 aliphatic heterocycles. The molecule has 0 saturated carbocycles. The van der Waals surface area contributed by atoms with Crippen LogP contribution in [-0.2, 0) is 0 Å². The Kier molecular flexibility index (Phi) is 10.8. The summed E-state index contributed by atoms with van der Waals surface area (Å²) in [4.78, 5) is 17.6. The normalized spacial score (nSPS) is 14.6. The summed E-state index contributed by atoms with van der Waals surface area (Å²) in [6.07, 6.45) is 3.10. The Balaban J connectivity index is 1.26. The first-order valence-corrected chi connectivity index (χ1v) is 14.3. The number of ether oxygens (including phenoxy) is 1. The third kappa shape index (κ3) is 8.17. The molecule has 1 N–H and O–H groups in total. The molecule has 0 unspecified atom stereocenters. The number of hydrogen-bond acceptors (Lipinski definition) is 4. The summed E-state index contributed by atoms with van der Waals surface area (Å²) in [5, 5.41) is 3.06. The third-order valence-electron chi connectivity index (χ3n) is 7.61. The second kappa shape index (κ2) is 14.7. The van der Waals surface area contributed by atoms with Crippen molar-refractivity contribution in [3.05, 3.63) is 102 Å². The van der Waals surface area contributed by atoms with Crippen molar-refractivity contribution in [3.8, 4) is 5.75 Å². The lowest BCUT2D eigenvalue weighted by atomic mass is 9.90. The minimum Gasteiger partial charge on any atom is -0.490 e. The van der Waals surface area contributed by atoms with Gasteiger partial charge in [-0.25, -0.2) is 0 Å². The molecule has 1 saturated heterocycles. The van der Waals surface area contributed by atoms with Crippen molar-refractivity contribution in [1.29, 1.82) is 0 Å². The van der Waals surface area contributed by atoms with E-state index in [0.717, 1.165) is 64.3 Å². The van der Waals surface area contributed by atoms with Gasteiger partial charge in [0.15, 0.2) is 0 Å². The van der Waals surface area contributed by atoms with Crippen LogP contribution in [0.15, 0.2) is 84.9 Å². The maximum atomic E-state index is 12.7. The van der Waals surface area contributed by atoms with Crippen molar-refractivity contribution in [2.75, 3.05) is 45.8 Å². The van der Waals surface area contributed by atoms with Gasteiger partial charge in [0.05, 0.1) is 0 Å². The van der Waals surface area contributed by atoms with E-state index in [1.807, 2.05) is 24.3 Å². The fraction of sp³-hybridized carbons (Fsp3) is 0.424. The highest BCUT2D eigenvalue weighted by Crippen LogP contribution is 2.28. The summed E-state index contributed by atoms with van der Waals surface area (Å²) in [5.74, 6) is 1.11. The van der Waals surface area contributed by atoms with E-state index >= 15 is 0 Å². The lowest BCUT2D eigenvalue weighted by molar-refractivity contribution is 0.0940. The summed E-state index contributed by atoms with van der Waals surface area (Å²) >= 11 is 0. The fourth-order valence-corrected chi connectivity index (χ4v) is 5.29. The molecule has 3 aromatic carbocycles. The van der Waals surface area contributed by atoms with E-state index in [2.05, 4.69) is 89.6 Å². The minimum atomic E-state index is -0.0299.